The lowest BCUT2D eigenvalue weighted by Crippen LogP contribution is -2.33. The summed E-state index contributed by atoms with van der Waals surface area (Å²) in [6.07, 6.45) is 9.41. The van der Waals surface area contributed by atoms with Crippen LogP contribution in [-0.4, -0.2) is 26.3 Å². The third-order valence-corrected chi connectivity index (χ3v) is 1.92. The largest absolute Gasteiger partial charge is 0.383 e. The third kappa shape index (κ3) is 7.83. The monoisotopic (exact) mass is 183 g/mol. The third-order valence-electron chi connectivity index (χ3n) is 1.92. The minimum atomic E-state index is 0.471. The highest BCUT2D eigenvalue weighted by Crippen LogP contribution is 2.00. The summed E-state index contributed by atoms with van der Waals surface area (Å²) in [6, 6.07) is 0.471. The molecule has 0 fully saturated rings. The summed E-state index contributed by atoms with van der Waals surface area (Å²) >= 11 is 0. The molecule has 0 aliphatic rings. The van der Waals surface area contributed by atoms with E-state index in [1.54, 1.807) is 7.11 Å². The van der Waals surface area contributed by atoms with Gasteiger partial charge in [0.2, 0.25) is 0 Å². The molecule has 0 saturated carbocycles. The second kappa shape index (κ2) is 9.57. The van der Waals surface area contributed by atoms with Gasteiger partial charge in [-0.05, 0) is 25.8 Å². The molecule has 0 aromatic rings. The van der Waals surface area contributed by atoms with E-state index in [2.05, 4.69) is 18.2 Å². The van der Waals surface area contributed by atoms with E-state index in [1.165, 1.54) is 0 Å². The second-order valence-corrected chi connectivity index (χ2v) is 3.20. The topological polar surface area (TPSA) is 21.3 Å². The summed E-state index contributed by atoms with van der Waals surface area (Å²) in [6.45, 7) is 4.01. The van der Waals surface area contributed by atoms with Crippen LogP contribution >= 0.6 is 0 Å². The fourth-order valence-corrected chi connectivity index (χ4v) is 1.24. The minimum absolute atomic E-state index is 0.471. The number of ether oxygens (including phenoxy) is 1. The van der Waals surface area contributed by atoms with Crippen molar-refractivity contribution in [2.75, 3.05) is 20.3 Å². The van der Waals surface area contributed by atoms with Crippen LogP contribution < -0.4 is 5.32 Å². The lowest BCUT2D eigenvalue weighted by Gasteiger charge is -2.16. The fraction of sp³-hybridized carbons (Fsp3) is 0.818. The van der Waals surface area contributed by atoms with Crippen LogP contribution in [0.15, 0.2) is 0 Å². The minimum Gasteiger partial charge on any atom is -0.383 e. The van der Waals surface area contributed by atoms with Gasteiger partial charge in [0, 0.05) is 19.6 Å². The number of terminal acetylenes is 1. The molecule has 0 aromatic heterocycles. The van der Waals surface area contributed by atoms with E-state index in [9.17, 15) is 0 Å². The van der Waals surface area contributed by atoms with Gasteiger partial charge in [0.15, 0.2) is 0 Å². The predicted molar refractivity (Wildman–Crippen MR) is 56.6 cm³/mol. The van der Waals surface area contributed by atoms with Gasteiger partial charge < -0.3 is 10.1 Å². The summed E-state index contributed by atoms with van der Waals surface area (Å²) in [5.74, 6) is 2.65. The van der Waals surface area contributed by atoms with Crippen molar-refractivity contribution in [1.29, 1.82) is 0 Å². The number of methoxy groups -OCH3 is 1. The van der Waals surface area contributed by atoms with Gasteiger partial charge in [-0.1, -0.05) is 6.92 Å². The van der Waals surface area contributed by atoms with Gasteiger partial charge in [-0.25, -0.2) is 0 Å². The molecule has 2 heteroatoms. The SMILES string of the molecule is C#CCCCC(COC)NCCC. The van der Waals surface area contributed by atoms with E-state index < -0.39 is 0 Å². The van der Waals surface area contributed by atoms with Crippen molar-refractivity contribution in [2.24, 2.45) is 0 Å². The Morgan fingerprint density at radius 1 is 1.54 bits per heavy atom. The maximum absolute atomic E-state index is 5.19. The number of hydrogen-bond donors (Lipinski definition) is 1. The van der Waals surface area contributed by atoms with Gasteiger partial charge in [0.25, 0.3) is 0 Å². The highest BCUT2D eigenvalue weighted by atomic mass is 16.5. The first-order chi connectivity index (χ1) is 6.35. The Kier molecular flexibility index (Phi) is 9.18. The summed E-state index contributed by atoms with van der Waals surface area (Å²) in [5.41, 5.74) is 0. The number of rotatable bonds is 8. The van der Waals surface area contributed by atoms with Crippen molar-refractivity contribution in [3.05, 3.63) is 0 Å². The summed E-state index contributed by atoms with van der Waals surface area (Å²) in [7, 11) is 1.74. The molecule has 0 aromatic carbocycles. The molecule has 0 rings (SSSR count). The summed E-state index contributed by atoms with van der Waals surface area (Å²) < 4.78 is 5.12. The molecule has 0 amide bonds. The van der Waals surface area contributed by atoms with E-state index >= 15 is 0 Å². The van der Waals surface area contributed by atoms with Crippen LogP contribution in [-0.2, 0) is 4.74 Å². The molecule has 0 radical (unpaired) electrons. The Balaban J connectivity index is 3.48. The van der Waals surface area contributed by atoms with Crippen LogP contribution in [0.3, 0.4) is 0 Å². The van der Waals surface area contributed by atoms with Gasteiger partial charge >= 0.3 is 0 Å². The van der Waals surface area contributed by atoms with E-state index in [-0.39, 0.29) is 0 Å². The van der Waals surface area contributed by atoms with E-state index in [1.807, 2.05) is 0 Å². The molecule has 13 heavy (non-hydrogen) atoms. The van der Waals surface area contributed by atoms with Crippen LogP contribution in [0.2, 0.25) is 0 Å². The lowest BCUT2D eigenvalue weighted by atomic mass is 10.1. The van der Waals surface area contributed by atoms with E-state index in [4.69, 9.17) is 11.2 Å². The maximum Gasteiger partial charge on any atom is 0.0615 e. The second-order valence-electron chi connectivity index (χ2n) is 3.20. The van der Waals surface area contributed by atoms with Gasteiger partial charge in [-0.15, -0.1) is 12.3 Å². The molecular weight excluding hydrogens is 162 g/mol. The normalized spacial score (nSPS) is 12.4. The molecule has 1 atom stereocenters. The first-order valence-electron chi connectivity index (χ1n) is 5.00. The van der Waals surface area contributed by atoms with Crippen molar-refractivity contribution in [2.45, 2.75) is 38.6 Å². The molecule has 0 heterocycles. The molecule has 1 unspecified atom stereocenters. The predicted octanol–water partition coefficient (Wildman–Crippen LogP) is 1.80. The summed E-state index contributed by atoms with van der Waals surface area (Å²) in [4.78, 5) is 0. The fourth-order valence-electron chi connectivity index (χ4n) is 1.24. The van der Waals surface area contributed by atoms with Crippen molar-refractivity contribution < 1.29 is 4.74 Å². The van der Waals surface area contributed by atoms with Crippen LogP contribution in [0.5, 0.6) is 0 Å². The first kappa shape index (κ1) is 12.5. The molecular formula is C11H21NO. The van der Waals surface area contributed by atoms with Crippen LogP contribution in [0, 0.1) is 12.3 Å². The first-order valence-corrected chi connectivity index (χ1v) is 5.00. The average Bonchev–Trinajstić information content (AvgIpc) is 2.14. The lowest BCUT2D eigenvalue weighted by molar-refractivity contribution is 0.162. The van der Waals surface area contributed by atoms with Crippen LogP contribution in [0.25, 0.3) is 0 Å². The highest BCUT2D eigenvalue weighted by molar-refractivity contribution is 4.83. The Bertz CT molecular complexity index is 140. The van der Waals surface area contributed by atoms with Crippen molar-refractivity contribution in [1.82, 2.24) is 5.32 Å². The molecule has 1 N–H and O–H groups in total. The summed E-state index contributed by atoms with van der Waals surface area (Å²) in [5, 5.41) is 3.44. The Morgan fingerprint density at radius 3 is 2.85 bits per heavy atom. The average molecular weight is 183 g/mol. The number of unbranched alkanes of at least 4 members (excludes halogenated alkanes) is 1. The quantitative estimate of drug-likeness (QED) is 0.458. The molecule has 0 aliphatic heterocycles. The zero-order valence-corrected chi connectivity index (χ0v) is 8.81. The van der Waals surface area contributed by atoms with Crippen LogP contribution in [0.4, 0.5) is 0 Å². The molecule has 0 saturated heterocycles. The zero-order valence-electron chi connectivity index (χ0n) is 8.81. The van der Waals surface area contributed by atoms with Gasteiger partial charge in [0.1, 0.15) is 0 Å². The number of nitrogens with one attached hydrogen (secondary N) is 1. The van der Waals surface area contributed by atoms with Gasteiger partial charge in [-0.2, -0.15) is 0 Å². The Labute approximate surface area is 82.1 Å². The maximum atomic E-state index is 5.19. The van der Waals surface area contributed by atoms with Crippen molar-refractivity contribution in [3.63, 3.8) is 0 Å². The van der Waals surface area contributed by atoms with Gasteiger partial charge in [-0.3, -0.25) is 0 Å². The Hall–Kier alpha value is -0.520. The highest BCUT2D eigenvalue weighted by Gasteiger charge is 2.05. The van der Waals surface area contributed by atoms with Crippen molar-refractivity contribution >= 4 is 0 Å². The molecule has 0 spiro atoms. The molecule has 0 aliphatic carbocycles. The standard InChI is InChI=1S/C11H21NO/c1-4-6-7-8-11(10-13-3)12-9-5-2/h1,11-12H,5-10H2,2-3H3. The number of hydrogen-bond acceptors (Lipinski definition) is 2. The smallest absolute Gasteiger partial charge is 0.0615 e. The van der Waals surface area contributed by atoms with Gasteiger partial charge in [0.05, 0.1) is 6.61 Å². The molecule has 2 nitrogen and oxygen atoms in total. The van der Waals surface area contributed by atoms with Crippen molar-refractivity contribution in [3.8, 4) is 12.3 Å². The van der Waals surface area contributed by atoms with Crippen LogP contribution in [0.1, 0.15) is 32.6 Å². The van der Waals surface area contributed by atoms with E-state index in [0.29, 0.717) is 6.04 Å². The molecule has 0 bridgehead atoms. The zero-order chi connectivity index (χ0) is 9.94. The molecule has 76 valence electrons. The van der Waals surface area contributed by atoms with E-state index in [0.717, 1.165) is 38.8 Å². The Morgan fingerprint density at radius 2 is 2.31 bits per heavy atom.